The zero-order chi connectivity index (χ0) is 20.9. The minimum absolute atomic E-state index is 0.00510. The number of nitrogens with two attached hydrogens (primary N) is 1. The van der Waals surface area contributed by atoms with E-state index < -0.39 is 0 Å². The number of ether oxygens (including phenoxy) is 1. The number of amides is 1. The third kappa shape index (κ3) is 5.39. The summed E-state index contributed by atoms with van der Waals surface area (Å²) >= 11 is 6.45. The van der Waals surface area contributed by atoms with Crippen molar-refractivity contribution in [3.8, 4) is 0 Å². The van der Waals surface area contributed by atoms with Gasteiger partial charge in [0.05, 0.1) is 11.1 Å². The number of nitrogens with one attached hydrogen (secondary N) is 2. The monoisotopic (exact) mass is 431 g/mol. The average molecular weight is 432 g/mol. The van der Waals surface area contributed by atoms with Crippen LogP contribution in [0.2, 0.25) is 5.02 Å². The van der Waals surface area contributed by atoms with E-state index >= 15 is 0 Å². The summed E-state index contributed by atoms with van der Waals surface area (Å²) in [4.78, 5) is 21.6. The van der Waals surface area contributed by atoms with Crippen LogP contribution < -0.4 is 16.4 Å². The Balaban J connectivity index is 1.41. The Morgan fingerprint density at radius 1 is 1.33 bits per heavy atom. The van der Waals surface area contributed by atoms with Crippen molar-refractivity contribution in [2.75, 3.05) is 25.1 Å². The van der Waals surface area contributed by atoms with Crippen molar-refractivity contribution in [2.24, 2.45) is 22.6 Å². The largest absolute Gasteiger partial charge is 0.381 e. The van der Waals surface area contributed by atoms with Crippen molar-refractivity contribution in [1.82, 2.24) is 10.3 Å². The molecule has 0 radical (unpaired) electrons. The molecule has 1 amide bonds. The van der Waals surface area contributed by atoms with Crippen LogP contribution in [0.5, 0.6) is 0 Å². The van der Waals surface area contributed by atoms with Crippen LogP contribution in [0.4, 0.5) is 5.82 Å². The molecule has 0 aromatic carbocycles. The van der Waals surface area contributed by atoms with E-state index in [1.807, 2.05) is 12.1 Å². The Hall–Kier alpha value is -1.96. The van der Waals surface area contributed by atoms with Gasteiger partial charge in [-0.2, -0.15) is 0 Å². The van der Waals surface area contributed by atoms with Gasteiger partial charge in [-0.3, -0.25) is 9.79 Å². The molecule has 1 aromatic rings. The maximum absolute atomic E-state index is 12.5. The number of amidine groups is 1. The fourth-order valence-electron chi connectivity index (χ4n) is 4.33. The normalized spacial score (nSPS) is 28.5. The quantitative estimate of drug-likeness (QED) is 0.664. The van der Waals surface area contributed by atoms with Gasteiger partial charge in [0.2, 0.25) is 5.91 Å². The number of halogens is 1. The molecule has 3 unspecified atom stereocenters. The van der Waals surface area contributed by atoms with E-state index in [2.05, 4.69) is 21.7 Å². The number of rotatable bonds is 5. The smallest absolute Gasteiger partial charge is 0.228 e. The summed E-state index contributed by atoms with van der Waals surface area (Å²) in [6.45, 7) is 2.46. The highest BCUT2D eigenvalue weighted by molar-refractivity contribution is 6.31. The van der Waals surface area contributed by atoms with E-state index in [-0.39, 0.29) is 23.9 Å². The van der Waals surface area contributed by atoms with Gasteiger partial charge in [0, 0.05) is 37.9 Å². The van der Waals surface area contributed by atoms with E-state index in [4.69, 9.17) is 27.1 Å². The SMILES string of the molecule is NC1CCC(C(=O)Nc2cc(C3CC=CC(=NCC4CCOCC4)N3)c(Cl)cn2)C1. The van der Waals surface area contributed by atoms with Gasteiger partial charge in [-0.05, 0) is 62.1 Å². The molecule has 1 saturated heterocycles. The molecular formula is C22H30ClN5O2. The lowest BCUT2D eigenvalue weighted by Gasteiger charge is -2.25. The molecule has 30 heavy (non-hydrogen) atoms. The van der Waals surface area contributed by atoms with Crippen LogP contribution in [0.3, 0.4) is 0 Å². The molecule has 0 bridgehead atoms. The van der Waals surface area contributed by atoms with Crippen molar-refractivity contribution in [3.63, 3.8) is 0 Å². The third-order valence-corrected chi connectivity index (χ3v) is 6.50. The molecule has 2 aliphatic heterocycles. The third-order valence-electron chi connectivity index (χ3n) is 6.19. The Labute approximate surface area is 182 Å². The lowest BCUT2D eigenvalue weighted by molar-refractivity contribution is -0.119. The van der Waals surface area contributed by atoms with Gasteiger partial charge in [0.1, 0.15) is 11.7 Å². The first-order valence-electron chi connectivity index (χ1n) is 10.9. The summed E-state index contributed by atoms with van der Waals surface area (Å²) in [5.41, 5.74) is 6.85. The zero-order valence-corrected chi connectivity index (χ0v) is 17.9. The van der Waals surface area contributed by atoms with Crippen LogP contribution in [-0.4, -0.2) is 42.5 Å². The molecule has 3 aliphatic rings. The predicted molar refractivity (Wildman–Crippen MR) is 119 cm³/mol. The first-order valence-corrected chi connectivity index (χ1v) is 11.2. The molecule has 3 atom stereocenters. The Bertz CT molecular complexity index is 822. The summed E-state index contributed by atoms with van der Waals surface area (Å²) in [5.74, 6) is 1.92. The highest BCUT2D eigenvalue weighted by atomic mass is 35.5. The van der Waals surface area contributed by atoms with Crippen molar-refractivity contribution in [3.05, 3.63) is 35.0 Å². The summed E-state index contributed by atoms with van der Waals surface area (Å²) in [5, 5.41) is 7.00. The number of carbonyl (C=O) groups excluding carboxylic acids is 1. The van der Waals surface area contributed by atoms with Crippen molar-refractivity contribution >= 4 is 29.2 Å². The molecule has 8 heteroatoms. The maximum Gasteiger partial charge on any atom is 0.228 e. The number of aromatic nitrogens is 1. The molecule has 1 aromatic heterocycles. The molecule has 1 saturated carbocycles. The molecule has 1 aliphatic carbocycles. The van der Waals surface area contributed by atoms with E-state index in [0.29, 0.717) is 16.8 Å². The molecule has 2 fully saturated rings. The predicted octanol–water partition coefficient (Wildman–Crippen LogP) is 3.22. The number of hydrogen-bond donors (Lipinski definition) is 3. The summed E-state index contributed by atoms with van der Waals surface area (Å²) in [6.07, 6.45) is 11.1. The molecule has 4 N–H and O–H groups in total. The fraction of sp³-hybridized carbons (Fsp3) is 0.591. The molecule has 4 rings (SSSR count). The molecule has 0 spiro atoms. The topological polar surface area (TPSA) is 102 Å². The summed E-state index contributed by atoms with van der Waals surface area (Å²) in [7, 11) is 0. The second kappa shape index (κ2) is 9.90. The highest BCUT2D eigenvalue weighted by Crippen LogP contribution is 2.30. The van der Waals surface area contributed by atoms with Crippen LogP contribution in [0.25, 0.3) is 0 Å². The van der Waals surface area contributed by atoms with Crippen LogP contribution in [0.1, 0.15) is 50.1 Å². The lowest BCUT2D eigenvalue weighted by Crippen LogP contribution is -2.31. The lowest BCUT2D eigenvalue weighted by atomic mass is 10.00. The fourth-order valence-corrected chi connectivity index (χ4v) is 4.57. The number of carbonyl (C=O) groups is 1. The van der Waals surface area contributed by atoms with E-state index in [1.165, 1.54) is 0 Å². The minimum atomic E-state index is -0.0411. The minimum Gasteiger partial charge on any atom is -0.381 e. The number of hydrogen-bond acceptors (Lipinski definition) is 5. The second-order valence-corrected chi connectivity index (χ2v) is 8.87. The van der Waals surface area contributed by atoms with E-state index in [9.17, 15) is 4.79 Å². The maximum atomic E-state index is 12.5. The number of aliphatic imine (C=N–C) groups is 1. The van der Waals surface area contributed by atoms with Crippen LogP contribution in [-0.2, 0) is 9.53 Å². The molecule has 3 heterocycles. The van der Waals surface area contributed by atoms with Crippen LogP contribution in [0.15, 0.2) is 29.4 Å². The Kier molecular flexibility index (Phi) is 7.02. The second-order valence-electron chi connectivity index (χ2n) is 8.47. The molecular weight excluding hydrogens is 402 g/mol. The van der Waals surface area contributed by atoms with Crippen LogP contribution in [0, 0.1) is 11.8 Å². The van der Waals surface area contributed by atoms with Crippen molar-refractivity contribution < 1.29 is 9.53 Å². The summed E-state index contributed by atoms with van der Waals surface area (Å²) in [6, 6.07) is 1.98. The van der Waals surface area contributed by atoms with Gasteiger partial charge >= 0.3 is 0 Å². The van der Waals surface area contributed by atoms with Gasteiger partial charge in [0.25, 0.3) is 0 Å². The first-order chi connectivity index (χ1) is 14.6. The summed E-state index contributed by atoms with van der Waals surface area (Å²) < 4.78 is 5.42. The van der Waals surface area contributed by atoms with Crippen molar-refractivity contribution in [2.45, 2.75) is 50.6 Å². The zero-order valence-electron chi connectivity index (χ0n) is 17.1. The number of pyridine rings is 1. The van der Waals surface area contributed by atoms with Gasteiger partial charge in [-0.25, -0.2) is 4.98 Å². The van der Waals surface area contributed by atoms with Gasteiger partial charge in [-0.15, -0.1) is 0 Å². The van der Waals surface area contributed by atoms with Gasteiger partial charge in [0.15, 0.2) is 0 Å². The Morgan fingerprint density at radius 3 is 2.93 bits per heavy atom. The van der Waals surface area contributed by atoms with Gasteiger partial charge in [-0.1, -0.05) is 17.7 Å². The first kappa shape index (κ1) is 21.3. The van der Waals surface area contributed by atoms with Crippen molar-refractivity contribution in [1.29, 1.82) is 0 Å². The molecule has 162 valence electrons. The average Bonchev–Trinajstić information content (AvgIpc) is 3.21. The number of nitrogens with zero attached hydrogens (tertiary/aromatic N) is 2. The van der Waals surface area contributed by atoms with Crippen LogP contribution >= 0.6 is 11.6 Å². The number of anilines is 1. The highest BCUT2D eigenvalue weighted by Gasteiger charge is 2.28. The molecule has 7 nitrogen and oxygen atoms in total. The van der Waals surface area contributed by atoms with E-state index in [1.54, 1.807) is 6.20 Å². The van der Waals surface area contributed by atoms with E-state index in [0.717, 1.165) is 69.7 Å². The van der Waals surface area contributed by atoms with Gasteiger partial charge < -0.3 is 21.1 Å². The standard InChI is InChI=1S/C22H30ClN5O2/c23-18-13-26-21(28-22(29)15-4-5-16(24)10-15)11-17(18)19-2-1-3-20(27-19)25-12-14-6-8-30-9-7-14/h1,3,11,13-16,19H,2,4-10,12,24H2,(H,25,27)(H,26,28,29). The Morgan fingerprint density at radius 2 is 2.17 bits per heavy atom.